The van der Waals surface area contributed by atoms with Crippen molar-refractivity contribution in [2.75, 3.05) is 23.3 Å². The molecule has 2 fully saturated rings. The molecule has 0 aliphatic carbocycles. The summed E-state index contributed by atoms with van der Waals surface area (Å²) >= 11 is 0. The third kappa shape index (κ3) is 4.19. The van der Waals surface area contributed by atoms with Gasteiger partial charge in [-0.3, -0.25) is 4.79 Å². The van der Waals surface area contributed by atoms with Gasteiger partial charge in [-0.2, -0.15) is 10.2 Å². The van der Waals surface area contributed by atoms with Gasteiger partial charge in [0.1, 0.15) is 29.7 Å². The number of nitrogens with one attached hydrogen (secondary N) is 1. The number of ether oxygens (including phenoxy) is 1. The van der Waals surface area contributed by atoms with Gasteiger partial charge in [0.2, 0.25) is 5.91 Å². The number of fused-ring (bicyclic) bond motifs is 4. The van der Waals surface area contributed by atoms with E-state index in [1.807, 2.05) is 59.1 Å². The molecule has 2 bridgehead atoms. The summed E-state index contributed by atoms with van der Waals surface area (Å²) in [5.41, 5.74) is 4.60. The number of rotatable bonds is 6. The van der Waals surface area contributed by atoms with Gasteiger partial charge in [-0.05, 0) is 68.2 Å². The first-order chi connectivity index (χ1) is 19.6. The average Bonchev–Trinajstić information content (AvgIpc) is 3.66. The van der Waals surface area contributed by atoms with Crippen LogP contribution in [0.5, 0.6) is 11.5 Å². The van der Waals surface area contributed by atoms with E-state index in [-0.39, 0.29) is 11.9 Å². The van der Waals surface area contributed by atoms with E-state index in [4.69, 9.17) is 4.74 Å². The van der Waals surface area contributed by atoms with E-state index < -0.39 is 0 Å². The van der Waals surface area contributed by atoms with Crippen molar-refractivity contribution in [3.8, 4) is 11.5 Å². The van der Waals surface area contributed by atoms with Crippen LogP contribution in [0.3, 0.4) is 0 Å². The van der Waals surface area contributed by atoms with Crippen LogP contribution in [-0.4, -0.2) is 65.2 Å². The van der Waals surface area contributed by atoms with E-state index in [1.165, 1.54) is 12.4 Å². The Morgan fingerprint density at radius 1 is 1.02 bits per heavy atom. The van der Waals surface area contributed by atoms with Crippen molar-refractivity contribution in [2.24, 2.45) is 0 Å². The monoisotopic (exact) mass is 535 g/mol. The summed E-state index contributed by atoms with van der Waals surface area (Å²) < 4.78 is 9.71. The third-order valence-electron chi connectivity index (χ3n) is 7.90. The van der Waals surface area contributed by atoms with Gasteiger partial charge in [-0.15, -0.1) is 0 Å². The minimum atomic E-state index is 0.00167. The topological polar surface area (TPSA) is 105 Å². The van der Waals surface area contributed by atoms with Crippen LogP contribution < -0.4 is 15.0 Å². The zero-order chi connectivity index (χ0) is 27.2. The van der Waals surface area contributed by atoms with E-state index in [0.717, 1.165) is 65.5 Å². The molecule has 11 nitrogen and oxygen atoms in total. The molecular weight excluding hydrogens is 506 g/mol. The zero-order valence-corrected chi connectivity index (χ0v) is 22.1. The van der Waals surface area contributed by atoms with Crippen molar-refractivity contribution in [2.45, 2.75) is 38.3 Å². The summed E-state index contributed by atoms with van der Waals surface area (Å²) in [5.74, 6) is 2.18. The van der Waals surface area contributed by atoms with E-state index >= 15 is 0 Å². The maximum atomic E-state index is 12.4. The summed E-state index contributed by atoms with van der Waals surface area (Å²) in [6.45, 7) is 7.14. The molecule has 7 rings (SSSR count). The fraction of sp³-hybridized carbons (Fsp3) is 0.276. The van der Waals surface area contributed by atoms with Crippen molar-refractivity contribution in [3.05, 3.63) is 79.7 Å². The molecule has 0 radical (unpaired) electrons. The van der Waals surface area contributed by atoms with Gasteiger partial charge in [0.15, 0.2) is 11.5 Å². The van der Waals surface area contributed by atoms with Crippen molar-refractivity contribution in [1.29, 1.82) is 0 Å². The molecule has 2 saturated heterocycles. The lowest BCUT2D eigenvalue weighted by Crippen LogP contribution is -2.40. The number of amides is 1. The summed E-state index contributed by atoms with van der Waals surface area (Å²) in [4.78, 5) is 25.7. The highest BCUT2D eigenvalue weighted by Crippen LogP contribution is 2.40. The molecule has 5 aromatic rings. The molecule has 11 heteroatoms. The second-order valence-corrected chi connectivity index (χ2v) is 10.3. The molecular formula is C29H29N9O2. The molecule has 202 valence electrons. The lowest BCUT2D eigenvalue weighted by molar-refractivity contribution is -0.126. The number of carbonyl (C=O) groups is 1. The van der Waals surface area contributed by atoms with Gasteiger partial charge < -0.3 is 19.9 Å². The van der Waals surface area contributed by atoms with Crippen LogP contribution in [0.4, 0.5) is 17.2 Å². The summed E-state index contributed by atoms with van der Waals surface area (Å²) in [7, 11) is 0. The first-order valence-electron chi connectivity index (χ1n) is 13.4. The van der Waals surface area contributed by atoms with Gasteiger partial charge in [0.05, 0.1) is 5.69 Å². The second kappa shape index (κ2) is 9.67. The smallest absolute Gasteiger partial charge is 0.246 e. The predicted molar refractivity (Wildman–Crippen MR) is 151 cm³/mol. The number of aromatic nitrogens is 6. The number of anilines is 3. The Hall–Kier alpha value is -4.93. The van der Waals surface area contributed by atoms with E-state index in [9.17, 15) is 4.79 Å². The van der Waals surface area contributed by atoms with E-state index in [1.54, 1.807) is 10.8 Å². The molecule has 2 aliphatic rings. The number of likely N-dealkylation sites (tertiary alicyclic amines) is 1. The van der Waals surface area contributed by atoms with Crippen molar-refractivity contribution in [3.63, 3.8) is 0 Å². The van der Waals surface area contributed by atoms with Gasteiger partial charge in [-0.25, -0.2) is 19.0 Å². The molecule has 0 saturated carbocycles. The quantitative estimate of drug-likeness (QED) is 0.320. The van der Waals surface area contributed by atoms with Gasteiger partial charge in [0, 0.05) is 49.3 Å². The van der Waals surface area contributed by atoms with Crippen molar-refractivity contribution < 1.29 is 9.53 Å². The number of carbonyl (C=O) groups excluding carboxylic acids is 1. The number of aryl methyl sites for hydroxylation is 1. The van der Waals surface area contributed by atoms with Crippen LogP contribution in [0.25, 0.3) is 11.2 Å². The fourth-order valence-corrected chi connectivity index (χ4v) is 6.00. The van der Waals surface area contributed by atoms with Crippen LogP contribution in [0, 0.1) is 6.92 Å². The highest BCUT2D eigenvalue weighted by atomic mass is 16.5. The number of nitrogens with zero attached hydrogens (tertiary/aromatic N) is 8. The number of hydrogen-bond acceptors (Lipinski definition) is 8. The number of hydrogen-bond donors (Lipinski definition) is 1. The Labute approximate surface area is 230 Å². The lowest BCUT2D eigenvalue weighted by atomic mass is 10.1. The SMILES string of the molecule is C=CC(=O)N1CCC2CCC(C1)N2c1ccn2ncnc(Nc3ccc(Oc4ccn5ncnc5c4)c(C)c3)c12. The Kier molecular flexibility index (Phi) is 5.84. The highest BCUT2D eigenvalue weighted by molar-refractivity contribution is 5.88. The zero-order valence-electron chi connectivity index (χ0n) is 22.1. The van der Waals surface area contributed by atoms with Crippen LogP contribution in [0.1, 0.15) is 24.8 Å². The van der Waals surface area contributed by atoms with Crippen LogP contribution in [0.2, 0.25) is 0 Å². The molecule has 1 aromatic carbocycles. The standard InChI is InChI=1S/C29H29N9O2/c1-3-27(39)35-11-8-21-5-6-22(16-35)38(21)24-10-13-37-28(24)29(31-18-33-37)34-20-4-7-25(19(2)14-20)40-23-9-12-36-26(15-23)30-17-32-36/h3-4,7,9-10,12-15,17-18,21-22H,1,5-6,8,11,16H2,2H3,(H,31,33,34). The Bertz CT molecular complexity index is 1740. The van der Waals surface area contributed by atoms with Gasteiger partial charge in [0.25, 0.3) is 0 Å². The Balaban J connectivity index is 1.16. The maximum absolute atomic E-state index is 12.4. The first kappa shape index (κ1) is 24.1. The number of benzene rings is 1. The number of pyridine rings is 1. The molecule has 2 unspecified atom stereocenters. The normalized spacial score (nSPS) is 18.7. The second-order valence-electron chi connectivity index (χ2n) is 10.3. The largest absolute Gasteiger partial charge is 0.457 e. The Morgan fingerprint density at radius 3 is 2.73 bits per heavy atom. The summed E-state index contributed by atoms with van der Waals surface area (Å²) in [6.07, 6.45) is 11.4. The molecule has 2 atom stereocenters. The van der Waals surface area contributed by atoms with E-state index in [2.05, 4.69) is 43.0 Å². The van der Waals surface area contributed by atoms with Gasteiger partial charge in [-0.1, -0.05) is 6.58 Å². The first-order valence-corrected chi connectivity index (χ1v) is 13.4. The molecule has 0 spiro atoms. The average molecular weight is 536 g/mol. The lowest BCUT2D eigenvalue weighted by Gasteiger charge is -2.30. The molecule has 40 heavy (non-hydrogen) atoms. The highest BCUT2D eigenvalue weighted by Gasteiger charge is 2.39. The van der Waals surface area contributed by atoms with E-state index in [0.29, 0.717) is 18.3 Å². The third-order valence-corrected chi connectivity index (χ3v) is 7.90. The van der Waals surface area contributed by atoms with Gasteiger partial charge >= 0.3 is 0 Å². The fourth-order valence-electron chi connectivity index (χ4n) is 6.00. The van der Waals surface area contributed by atoms with Crippen LogP contribution in [-0.2, 0) is 4.79 Å². The Morgan fingerprint density at radius 2 is 1.85 bits per heavy atom. The molecule has 1 N–H and O–H groups in total. The summed E-state index contributed by atoms with van der Waals surface area (Å²) in [5, 5.41) is 12.1. The minimum Gasteiger partial charge on any atom is -0.457 e. The maximum Gasteiger partial charge on any atom is 0.246 e. The summed E-state index contributed by atoms with van der Waals surface area (Å²) in [6, 6.07) is 12.4. The van der Waals surface area contributed by atoms with Crippen molar-refractivity contribution >= 4 is 34.3 Å². The minimum absolute atomic E-state index is 0.00167. The predicted octanol–water partition coefficient (Wildman–Crippen LogP) is 4.37. The molecule has 1 amide bonds. The molecule has 6 heterocycles. The van der Waals surface area contributed by atoms with Crippen LogP contribution in [0.15, 0.2) is 74.1 Å². The van der Waals surface area contributed by atoms with Crippen molar-refractivity contribution in [1.82, 2.24) is 34.1 Å². The van der Waals surface area contributed by atoms with Crippen LogP contribution >= 0.6 is 0 Å². The molecule has 2 aliphatic heterocycles. The molecule has 4 aromatic heterocycles.